The molecule has 17 heavy (non-hydrogen) atoms. The fourth-order valence-corrected chi connectivity index (χ4v) is 10.0. The Morgan fingerprint density at radius 1 is 1.12 bits per heavy atom. The lowest BCUT2D eigenvalue weighted by atomic mass is 10.3. The third-order valence-corrected chi connectivity index (χ3v) is 9.55. The summed E-state index contributed by atoms with van der Waals surface area (Å²) in [4.78, 5) is 0. The van der Waals surface area contributed by atoms with Crippen molar-refractivity contribution in [2.24, 2.45) is 5.92 Å². The number of hydrogen-bond acceptors (Lipinski definition) is 4. The zero-order chi connectivity index (χ0) is 13.7. The molecule has 0 aliphatic carbocycles. The van der Waals surface area contributed by atoms with Gasteiger partial charge in [-0.25, -0.2) is 0 Å². The van der Waals surface area contributed by atoms with Crippen LogP contribution in [0, 0.1) is 5.92 Å². The summed E-state index contributed by atoms with van der Waals surface area (Å²) >= 11 is 0. The molecule has 0 radical (unpaired) electrons. The Balaban J connectivity index is 4.86. The fourth-order valence-electron chi connectivity index (χ4n) is 1.98. The van der Waals surface area contributed by atoms with Gasteiger partial charge >= 0.3 is 8.56 Å². The Morgan fingerprint density at radius 3 is 1.94 bits per heavy atom. The van der Waals surface area contributed by atoms with E-state index in [1.165, 1.54) is 0 Å². The molecule has 0 heterocycles. The van der Waals surface area contributed by atoms with E-state index in [4.69, 9.17) is 13.6 Å². The predicted octanol–water partition coefficient (Wildman–Crippen LogP) is 1.94. The van der Waals surface area contributed by atoms with Crippen molar-refractivity contribution in [2.45, 2.75) is 51.7 Å². The Morgan fingerprint density at radius 2 is 1.65 bits per heavy atom. The van der Waals surface area contributed by atoms with Gasteiger partial charge in [0.15, 0.2) is 8.32 Å². The van der Waals surface area contributed by atoms with Gasteiger partial charge in [-0.1, -0.05) is 13.8 Å². The van der Waals surface area contributed by atoms with Gasteiger partial charge < -0.3 is 18.8 Å². The minimum atomic E-state index is -2.40. The summed E-state index contributed by atoms with van der Waals surface area (Å²) in [5, 5.41) is 18.7. The van der Waals surface area contributed by atoms with Crippen LogP contribution in [0.2, 0.25) is 31.7 Å². The highest BCUT2D eigenvalue weighted by atomic mass is 28.4. The first kappa shape index (κ1) is 17.3. The number of aliphatic hydroxyl groups excluding tert-OH is 2. The van der Waals surface area contributed by atoms with Crippen LogP contribution in [-0.4, -0.2) is 46.9 Å². The highest BCUT2D eigenvalue weighted by molar-refractivity contribution is 6.82. The average Bonchev–Trinajstić information content (AvgIpc) is 2.13. The second kappa shape index (κ2) is 7.01. The molecule has 0 amide bonds. The maximum atomic E-state index is 9.67. The summed E-state index contributed by atoms with van der Waals surface area (Å²) in [5.41, 5.74) is 0. The lowest BCUT2D eigenvalue weighted by molar-refractivity contribution is 0.0995. The van der Waals surface area contributed by atoms with Crippen molar-refractivity contribution in [1.29, 1.82) is 0 Å². The predicted molar refractivity (Wildman–Crippen MR) is 74.7 cm³/mol. The molecule has 0 aromatic carbocycles. The van der Waals surface area contributed by atoms with Gasteiger partial charge in [0.2, 0.25) is 0 Å². The van der Waals surface area contributed by atoms with E-state index in [0.29, 0.717) is 12.0 Å². The molecule has 2 atom stereocenters. The molecule has 0 aromatic rings. The van der Waals surface area contributed by atoms with Crippen molar-refractivity contribution >= 4 is 16.9 Å². The van der Waals surface area contributed by atoms with Crippen LogP contribution in [0.15, 0.2) is 0 Å². The van der Waals surface area contributed by atoms with E-state index in [0.717, 1.165) is 6.04 Å². The summed E-state index contributed by atoms with van der Waals surface area (Å²) in [6.07, 6.45) is -0.739. The van der Waals surface area contributed by atoms with Crippen molar-refractivity contribution in [1.82, 2.24) is 0 Å². The molecular weight excluding hydrogens is 252 g/mol. The summed E-state index contributed by atoms with van der Waals surface area (Å²) in [7, 11) is -2.45. The highest BCUT2D eigenvalue weighted by Crippen LogP contribution is 2.28. The summed E-state index contributed by atoms with van der Waals surface area (Å²) in [5.74, 6) is 0.462. The third-order valence-electron chi connectivity index (χ3n) is 2.34. The molecule has 104 valence electrons. The van der Waals surface area contributed by atoms with E-state index in [2.05, 4.69) is 33.5 Å². The van der Waals surface area contributed by atoms with E-state index in [1.54, 1.807) is 7.11 Å². The molecule has 4 nitrogen and oxygen atoms in total. The van der Waals surface area contributed by atoms with E-state index in [9.17, 15) is 5.11 Å². The molecule has 0 aliphatic rings. The zero-order valence-electron chi connectivity index (χ0n) is 12.0. The Labute approximate surface area is 107 Å². The van der Waals surface area contributed by atoms with Crippen LogP contribution in [0.3, 0.4) is 0 Å². The second-order valence-electron chi connectivity index (χ2n) is 5.97. The fraction of sp³-hybridized carbons (Fsp3) is 1.00. The van der Waals surface area contributed by atoms with Crippen molar-refractivity contribution in [3.8, 4) is 0 Å². The molecular formula is C11H28O4Si2. The van der Waals surface area contributed by atoms with Crippen LogP contribution in [0.5, 0.6) is 0 Å². The average molecular weight is 281 g/mol. The van der Waals surface area contributed by atoms with E-state index in [1.807, 2.05) is 0 Å². The van der Waals surface area contributed by atoms with Gasteiger partial charge in [0.05, 0.1) is 12.7 Å². The largest absolute Gasteiger partial charge is 0.436 e. The third kappa shape index (κ3) is 7.33. The molecule has 2 N–H and O–H groups in total. The summed E-state index contributed by atoms with van der Waals surface area (Å²) in [6.45, 7) is 10.4. The molecule has 2 unspecified atom stereocenters. The van der Waals surface area contributed by atoms with Crippen molar-refractivity contribution < 1.29 is 18.8 Å². The van der Waals surface area contributed by atoms with E-state index < -0.39 is 23.0 Å². The maximum Gasteiger partial charge on any atom is 0.330 e. The van der Waals surface area contributed by atoms with Gasteiger partial charge in [0, 0.05) is 13.2 Å². The number of rotatable bonds is 8. The summed E-state index contributed by atoms with van der Waals surface area (Å²) in [6, 6.07) is 1.30. The van der Waals surface area contributed by atoms with Gasteiger partial charge in [-0.05, 0) is 31.6 Å². The van der Waals surface area contributed by atoms with Crippen LogP contribution in [0.25, 0.3) is 0 Å². The van der Waals surface area contributed by atoms with Gasteiger partial charge in [-0.15, -0.1) is 0 Å². The van der Waals surface area contributed by atoms with Crippen LogP contribution in [0.1, 0.15) is 13.8 Å². The van der Waals surface area contributed by atoms with Gasteiger partial charge in [0.1, 0.15) is 0 Å². The molecule has 0 saturated heterocycles. The van der Waals surface area contributed by atoms with Crippen LogP contribution >= 0.6 is 0 Å². The quantitative estimate of drug-likeness (QED) is 0.667. The first-order chi connectivity index (χ1) is 7.64. The van der Waals surface area contributed by atoms with Crippen molar-refractivity contribution in [3.05, 3.63) is 0 Å². The topological polar surface area (TPSA) is 58.9 Å². The second-order valence-corrected chi connectivity index (χ2v) is 14.1. The van der Waals surface area contributed by atoms with Gasteiger partial charge in [-0.3, -0.25) is 0 Å². The molecule has 0 aliphatic heterocycles. The molecule has 0 spiro atoms. The maximum absolute atomic E-state index is 9.67. The van der Waals surface area contributed by atoms with Gasteiger partial charge in [-0.2, -0.15) is 0 Å². The Hall–Kier alpha value is 0.274. The van der Waals surface area contributed by atoms with Crippen LogP contribution < -0.4 is 0 Å². The Kier molecular flexibility index (Phi) is 7.12. The van der Waals surface area contributed by atoms with E-state index in [-0.39, 0.29) is 6.61 Å². The van der Waals surface area contributed by atoms with Crippen LogP contribution in [0.4, 0.5) is 0 Å². The van der Waals surface area contributed by atoms with E-state index >= 15 is 0 Å². The standard InChI is InChI=1S/C11H28O4Si2/c1-10(2)8-17(14-3,9-11(13)7-12)15-16(4,5)6/h10-13H,7-9H2,1-6H3. The van der Waals surface area contributed by atoms with Crippen molar-refractivity contribution in [3.63, 3.8) is 0 Å². The summed E-state index contributed by atoms with van der Waals surface area (Å²) < 4.78 is 11.9. The lowest BCUT2D eigenvalue weighted by Gasteiger charge is -2.37. The molecule has 0 bridgehead atoms. The number of aliphatic hydroxyl groups is 2. The Bertz CT molecular complexity index is 218. The highest BCUT2D eigenvalue weighted by Gasteiger charge is 2.42. The zero-order valence-corrected chi connectivity index (χ0v) is 14.0. The van der Waals surface area contributed by atoms with Crippen molar-refractivity contribution in [2.75, 3.05) is 13.7 Å². The minimum Gasteiger partial charge on any atom is -0.436 e. The first-order valence-corrected chi connectivity index (χ1v) is 11.8. The smallest absolute Gasteiger partial charge is 0.330 e. The number of hydrogen-bond donors (Lipinski definition) is 2. The molecule has 0 rings (SSSR count). The lowest BCUT2D eigenvalue weighted by Crippen LogP contribution is -2.52. The van der Waals surface area contributed by atoms with Crippen LogP contribution in [-0.2, 0) is 8.54 Å². The minimum absolute atomic E-state index is 0.231. The van der Waals surface area contributed by atoms with Gasteiger partial charge in [0.25, 0.3) is 0 Å². The molecule has 6 heteroatoms. The normalized spacial score (nSPS) is 18.2. The molecule has 0 fully saturated rings. The monoisotopic (exact) mass is 280 g/mol. The molecule has 0 aromatic heterocycles. The first-order valence-electron chi connectivity index (χ1n) is 6.18. The SMILES string of the molecule is CO[Si](CC(C)C)(CC(O)CO)O[Si](C)(C)C. The molecule has 0 saturated carbocycles.